The van der Waals surface area contributed by atoms with Crippen molar-refractivity contribution in [2.24, 2.45) is 11.7 Å². The highest BCUT2D eigenvalue weighted by molar-refractivity contribution is 5.88. The predicted octanol–water partition coefficient (Wildman–Crippen LogP) is 0.283. The zero-order chi connectivity index (χ0) is 17.0. The van der Waals surface area contributed by atoms with E-state index >= 15 is 0 Å². The molecule has 23 heavy (non-hydrogen) atoms. The lowest BCUT2D eigenvalue weighted by atomic mass is 10.0. The highest BCUT2D eigenvalue weighted by Crippen LogP contribution is 2.20. The highest BCUT2D eigenvalue weighted by Gasteiger charge is 2.28. The van der Waals surface area contributed by atoms with Crippen molar-refractivity contribution in [3.63, 3.8) is 0 Å². The van der Waals surface area contributed by atoms with Crippen molar-refractivity contribution in [1.29, 1.82) is 0 Å². The van der Waals surface area contributed by atoms with E-state index in [4.69, 9.17) is 10.5 Å². The van der Waals surface area contributed by atoms with Crippen LogP contribution in [0.4, 0.5) is 10.1 Å². The van der Waals surface area contributed by atoms with Crippen molar-refractivity contribution in [1.82, 2.24) is 5.32 Å². The molecule has 1 aromatic rings. The Kier molecular flexibility index (Phi) is 5.22. The fourth-order valence-corrected chi connectivity index (χ4v) is 2.31. The van der Waals surface area contributed by atoms with Crippen LogP contribution in [0.25, 0.3) is 0 Å². The molecule has 0 aromatic heterocycles. The van der Waals surface area contributed by atoms with E-state index in [9.17, 15) is 24.1 Å². The van der Waals surface area contributed by atoms with Gasteiger partial charge in [0, 0.05) is 19.1 Å². The van der Waals surface area contributed by atoms with Crippen LogP contribution in [0.5, 0.6) is 0 Å². The second-order valence-electron chi connectivity index (χ2n) is 5.27. The summed E-state index contributed by atoms with van der Waals surface area (Å²) in [6.07, 6.45) is 0.495. The van der Waals surface area contributed by atoms with Crippen LogP contribution in [0.1, 0.15) is 12.0 Å². The Labute approximate surface area is 130 Å². The molecule has 0 saturated carbocycles. The number of nitro groups is 1. The Balaban J connectivity index is 2.10. The summed E-state index contributed by atoms with van der Waals surface area (Å²) in [6, 6.07) is 2.24. The first-order valence-electron chi connectivity index (χ1n) is 6.98. The molecule has 2 amide bonds. The first-order chi connectivity index (χ1) is 10.9. The molecule has 2 atom stereocenters. The molecule has 0 radical (unpaired) electrons. The van der Waals surface area contributed by atoms with Crippen molar-refractivity contribution in [2.45, 2.75) is 18.9 Å². The van der Waals surface area contributed by atoms with Gasteiger partial charge in [-0.05, 0) is 18.1 Å². The number of nitro benzene ring substituents is 1. The molecule has 0 spiro atoms. The largest absolute Gasteiger partial charge is 0.381 e. The number of halogens is 1. The topological polar surface area (TPSA) is 125 Å². The van der Waals surface area contributed by atoms with Crippen LogP contribution in [0.3, 0.4) is 0 Å². The molecular weight excluding hydrogens is 309 g/mol. The van der Waals surface area contributed by atoms with Crippen molar-refractivity contribution >= 4 is 17.5 Å². The smallest absolute Gasteiger partial charge is 0.305 e. The number of hydrogen-bond acceptors (Lipinski definition) is 5. The first-order valence-corrected chi connectivity index (χ1v) is 6.98. The fraction of sp³-hybridized carbons (Fsp3) is 0.429. The summed E-state index contributed by atoms with van der Waals surface area (Å²) >= 11 is 0. The van der Waals surface area contributed by atoms with Crippen LogP contribution < -0.4 is 11.1 Å². The monoisotopic (exact) mass is 325 g/mol. The summed E-state index contributed by atoms with van der Waals surface area (Å²) < 4.78 is 18.4. The number of nitrogens with zero attached hydrogens (tertiary/aromatic N) is 1. The van der Waals surface area contributed by atoms with Crippen LogP contribution in [-0.2, 0) is 20.7 Å². The third kappa shape index (κ3) is 4.22. The Hall–Kier alpha value is -2.55. The Morgan fingerprint density at radius 1 is 1.52 bits per heavy atom. The maximum atomic E-state index is 13.3. The summed E-state index contributed by atoms with van der Waals surface area (Å²) in [5.41, 5.74) is 4.90. The van der Waals surface area contributed by atoms with E-state index in [0.29, 0.717) is 18.6 Å². The third-order valence-corrected chi connectivity index (χ3v) is 3.61. The molecule has 0 unspecified atom stereocenters. The van der Waals surface area contributed by atoms with Crippen molar-refractivity contribution in [3.8, 4) is 0 Å². The van der Waals surface area contributed by atoms with Crippen LogP contribution in [0, 0.1) is 21.8 Å². The van der Waals surface area contributed by atoms with Crippen molar-refractivity contribution in [3.05, 3.63) is 39.7 Å². The van der Waals surface area contributed by atoms with E-state index in [1.165, 1.54) is 6.07 Å². The molecule has 0 bridgehead atoms. The molecule has 124 valence electrons. The number of hydrogen-bond donors (Lipinski definition) is 2. The average molecular weight is 325 g/mol. The lowest BCUT2D eigenvalue weighted by molar-refractivity contribution is -0.387. The van der Waals surface area contributed by atoms with Gasteiger partial charge in [-0.2, -0.15) is 4.39 Å². The van der Waals surface area contributed by atoms with Crippen molar-refractivity contribution < 1.29 is 23.6 Å². The number of nitrogens with two attached hydrogens (primary N) is 1. The number of carbonyl (C=O) groups excluding carboxylic acids is 2. The number of ether oxygens (including phenoxy) is 1. The van der Waals surface area contributed by atoms with Crippen molar-refractivity contribution in [2.75, 3.05) is 13.2 Å². The number of nitrogens with one attached hydrogen (secondary N) is 1. The van der Waals surface area contributed by atoms with Gasteiger partial charge in [0.2, 0.25) is 17.6 Å². The van der Waals surface area contributed by atoms with Gasteiger partial charge in [-0.1, -0.05) is 6.07 Å². The minimum atomic E-state index is -1.03. The third-order valence-electron chi connectivity index (χ3n) is 3.61. The number of rotatable bonds is 6. The van der Waals surface area contributed by atoms with E-state index in [0.717, 1.165) is 12.1 Å². The molecule has 1 aliphatic heterocycles. The van der Waals surface area contributed by atoms with Crippen LogP contribution >= 0.6 is 0 Å². The first kappa shape index (κ1) is 16.8. The van der Waals surface area contributed by atoms with Gasteiger partial charge in [0.05, 0.1) is 17.4 Å². The number of carbonyl (C=O) groups is 2. The predicted molar refractivity (Wildman–Crippen MR) is 76.8 cm³/mol. The second kappa shape index (κ2) is 7.14. The van der Waals surface area contributed by atoms with Crippen LogP contribution in [0.2, 0.25) is 0 Å². The molecule has 3 N–H and O–H groups in total. The molecule has 9 heteroatoms. The quantitative estimate of drug-likeness (QED) is 0.574. The number of benzene rings is 1. The molecular formula is C14H16FN3O5. The molecule has 1 heterocycles. The molecule has 0 aliphatic carbocycles. The molecule has 1 aliphatic rings. The molecule has 1 aromatic carbocycles. The summed E-state index contributed by atoms with van der Waals surface area (Å²) in [5, 5.41) is 13.2. The molecule has 1 fully saturated rings. The SMILES string of the molecule is NC(=O)[C@H](Cc1ccc(F)c([N+](=O)[O-])c1)NC(=O)[C@@H]1CCOC1. The van der Waals surface area contributed by atoms with Gasteiger partial charge in [0.1, 0.15) is 6.04 Å². The second-order valence-corrected chi connectivity index (χ2v) is 5.27. The molecule has 2 rings (SSSR count). The van der Waals surface area contributed by atoms with Gasteiger partial charge in [0.25, 0.3) is 0 Å². The molecule has 1 saturated heterocycles. The van der Waals surface area contributed by atoms with Gasteiger partial charge < -0.3 is 15.8 Å². The number of amides is 2. The minimum Gasteiger partial charge on any atom is -0.381 e. The fourth-order valence-electron chi connectivity index (χ4n) is 2.31. The van der Waals surface area contributed by atoms with Gasteiger partial charge in [-0.15, -0.1) is 0 Å². The van der Waals surface area contributed by atoms with Gasteiger partial charge in [-0.25, -0.2) is 0 Å². The Bertz CT molecular complexity index is 631. The Morgan fingerprint density at radius 3 is 2.83 bits per heavy atom. The minimum absolute atomic E-state index is 0.0598. The highest BCUT2D eigenvalue weighted by atomic mass is 19.1. The van der Waals surface area contributed by atoms with E-state index in [1.54, 1.807) is 0 Å². The van der Waals surface area contributed by atoms with Crippen LogP contribution in [-0.4, -0.2) is 36.0 Å². The van der Waals surface area contributed by atoms with E-state index in [-0.39, 0.29) is 24.9 Å². The zero-order valence-corrected chi connectivity index (χ0v) is 12.2. The average Bonchev–Trinajstić information content (AvgIpc) is 3.02. The summed E-state index contributed by atoms with van der Waals surface area (Å²) in [6.45, 7) is 0.753. The van der Waals surface area contributed by atoms with E-state index in [1.807, 2.05) is 0 Å². The summed E-state index contributed by atoms with van der Waals surface area (Å²) in [5.74, 6) is -2.45. The van der Waals surface area contributed by atoms with Gasteiger partial charge in [-0.3, -0.25) is 19.7 Å². The maximum Gasteiger partial charge on any atom is 0.305 e. The molecule has 8 nitrogen and oxygen atoms in total. The lowest BCUT2D eigenvalue weighted by Gasteiger charge is -2.17. The normalized spacial score (nSPS) is 18.4. The summed E-state index contributed by atoms with van der Waals surface area (Å²) in [4.78, 5) is 33.4. The van der Waals surface area contributed by atoms with E-state index < -0.39 is 28.4 Å². The zero-order valence-electron chi connectivity index (χ0n) is 12.2. The Morgan fingerprint density at radius 2 is 2.26 bits per heavy atom. The van der Waals surface area contributed by atoms with Crippen LogP contribution in [0.15, 0.2) is 18.2 Å². The lowest BCUT2D eigenvalue weighted by Crippen LogP contribution is -2.48. The standard InChI is InChI=1S/C14H16FN3O5/c15-10-2-1-8(6-12(10)18(21)22)5-11(13(16)19)17-14(20)9-3-4-23-7-9/h1-2,6,9,11H,3-5,7H2,(H2,16,19)(H,17,20)/t9-,11+/m1/s1. The van der Waals surface area contributed by atoms with Gasteiger partial charge in [0.15, 0.2) is 0 Å². The number of primary amides is 1. The summed E-state index contributed by atoms with van der Waals surface area (Å²) in [7, 11) is 0. The maximum absolute atomic E-state index is 13.3. The van der Waals surface area contributed by atoms with E-state index in [2.05, 4.69) is 5.32 Å². The van der Waals surface area contributed by atoms with Gasteiger partial charge >= 0.3 is 5.69 Å².